The molecular weight excluding hydrogens is 330 g/mol. The summed E-state index contributed by atoms with van der Waals surface area (Å²) in [6.45, 7) is 7.57. The van der Waals surface area contributed by atoms with Crippen molar-refractivity contribution in [2.45, 2.75) is 78.7 Å². The van der Waals surface area contributed by atoms with E-state index in [0.29, 0.717) is 5.69 Å². The van der Waals surface area contributed by atoms with E-state index in [1.54, 1.807) is 11.6 Å². The third-order valence-electron chi connectivity index (χ3n) is 5.57. The van der Waals surface area contributed by atoms with Crippen LogP contribution in [0.1, 0.15) is 70.2 Å². The van der Waals surface area contributed by atoms with Gasteiger partial charge in [0.25, 0.3) is 5.91 Å². The van der Waals surface area contributed by atoms with Crippen LogP contribution in [0.3, 0.4) is 0 Å². The number of carbonyl (C=O) groups is 2. The second-order valence-corrected chi connectivity index (χ2v) is 7.60. The number of nitrogens with zero attached hydrogens (tertiary/aromatic N) is 2. The molecule has 0 radical (unpaired) electrons. The van der Waals surface area contributed by atoms with Crippen molar-refractivity contribution in [3.8, 4) is 0 Å². The molecule has 6 heteroatoms. The van der Waals surface area contributed by atoms with E-state index in [9.17, 15) is 9.59 Å². The van der Waals surface area contributed by atoms with Crippen molar-refractivity contribution in [3.63, 3.8) is 0 Å². The van der Waals surface area contributed by atoms with Crippen LogP contribution in [0.15, 0.2) is 0 Å². The molecule has 1 aliphatic carbocycles. The van der Waals surface area contributed by atoms with Gasteiger partial charge in [0, 0.05) is 7.05 Å². The third-order valence-corrected chi connectivity index (χ3v) is 5.57. The Balaban J connectivity index is 1.82. The highest BCUT2D eigenvalue weighted by molar-refractivity contribution is 5.96. The average Bonchev–Trinajstić information content (AvgIpc) is 2.86. The number of esters is 1. The second-order valence-electron chi connectivity index (χ2n) is 7.60. The molecule has 6 nitrogen and oxygen atoms in total. The summed E-state index contributed by atoms with van der Waals surface area (Å²) >= 11 is 0. The number of aromatic nitrogens is 2. The van der Waals surface area contributed by atoms with Gasteiger partial charge in [0.15, 0.2) is 6.10 Å². The number of ether oxygens (including phenoxy) is 1. The molecule has 1 fully saturated rings. The number of rotatable bonds is 7. The first-order valence-corrected chi connectivity index (χ1v) is 9.85. The summed E-state index contributed by atoms with van der Waals surface area (Å²) in [6.07, 6.45) is 6.89. The van der Waals surface area contributed by atoms with Crippen molar-refractivity contribution in [2.24, 2.45) is 18.9 Å². The second kappa shape index (κ2) is 9.19. The summed E-state index contributed by atoms with van der Waals surface area (Å²) in [4.78, 5) is 24.8. The zero-order chi connectivity index (χ0) is 19.3. The molecule has 0 unspecified atom stereocenters. The molecule has 1 heterocycles. The van der Waals surface area contributed by atoms with Gasteiger partial charge < -0.3 is 10.1 Å². The van der Waals surface area contributed by atoms with Gasteiger partial charge in [-0.3, -0.25) is 14.3 Å². The van der Waals surface area contributed by atoms with Crippen LogP contribution in [0.25, 0.3) is 0 Å². The molecule has 0 spiro atoms. The molecule has 1 N–H and O–H groups in total. The van der Waals surface area contributed by atoms with Gasteiger partial charge in [-0.25, -0.2) is 0 Å². The number of anilines is 1. The first-order chi connectivity index (χ1) is 12.3. The number of aryl methyl sites for hydroxylation is 2. The molecule has 146 valence electrons. The Bertz CT molecular complexity index is 630. The Morgan fingerprint density at radius 1 is 1.27 bits per heavy atom. The maximum absolute atomic E-state index is 12.4. The van der Waals surface area contributed by atoms with Crippen LogP contribution in [0, 0.1) is 25.7 Å². The van der Waals surface area contributed by atoms with Crippen molar-refractivity contribution in [1.82, 2.24) is 9.78 Å². The third kappa shape index (κ3) is 5.08. The SMILES string of the molecule is CCCCC1CCC(C(=O)O[C@H](C)C(=O)Nc2c(C)nn(C)c2C)CC1. The zero-order valence-corrected chi connectivity index (χ0v) is 16.8. The van der Waals surface area contributed by atoms with E-state index in [1.807, 2.05) is 20.9 Å². The van der Waals surface area contributed by atoms with Gasteiger partial charge in [-0.1, -0.05) is 26.2 Å². The van der Waals surface area contributed by atoms with E-state index in [-0.39, 0.29) is 17.8 Å². The molecular formula is C20H33N3O3. The van der Waals surface area contributed by atoms with Crippen LogP contribution >= 0.6 is 0 Å². The largest absolute Gasteiger partial charge is 0.452 e. The van der Waals surface area contributed by atoms with E-state index >= 15 is 0 Å². The highest BCUT2D eigenvalue weighted by Crippen LogP contribution is 2.32. The maximum Gasteiger partial charge on any atom is 0.309 e. The van der Waals surface area contributed by atoms with Crippen molar-refractivity contribution in [3.05, 3.63) is 11.4 Å². The number of hydrogen-bond donors (Lipinski definition) is 1. The highest BCUT2D eigenvalue weighted by atomic mass is 16.5. The van der Waals surface area contributed by atoms with E-state index in [1.165, 1.54) is 19.3 Å². The lowest BCUT2D eigenvalue weighted by Crippen LogP contribution is -2.33. The Labute approximate surface area is 156 Å². The van der Waals surface area contributed by atoms with Crippen LogP contribution in [0.4, 0.5) is 5.69 Å². The molecule has 0 aromatic carbocycles. The molecule has 0 bridgehead atoms. The molecule has 26 heavy (non-hydrogen) atoms. The molecule has 0 aliphatic heterocycles. The van der Waals surface area contributed by atoms with Gasteiger partial charge in [-0.2, -0.15) is 5.10 Å². The Hall–Kier alpha value is -1.85. The molecule has 2 rings (SSSR count). The number of amides is 1. The topological polar surface area (TPSA) is 73.2 Å². The summed E-state index contributed by atoms with van der Waals surface area (Å²) < 4.78 is 7.17. The molecule has 1 aliphatic rings. The monoisotopic (exact) mass is 363 g/mol. The van der Waals surface area contributed by atoms with Crippen molar-refractivity contribution in [2.75, 3.05) is 5.32 Å². The predicted molar refractivity (Wildman–Crippen MR) is 102 cm³/mol. The smallest absolute Gasteiger partial charge is 0.309 e. The van der Waals surface area contributed by atoms with Crippen LogP contribution in [-0.2, 0) is 21.4 Å². The molecule has 1 aromatic heterocycles. The van der Waals surface area contributed by atoms with Crippen molar-refractivity contribution in [1.29, 1.82) is 0 Å². The lowest BCUT2D eigenvalue weighted by atomic mass is 9.80. The number of hydrogen-bond acceptors (Lipinski definition) is 4. The molecule has 1 aromatic rings. The van der Waals surface area contributed by atoms with Gasteiger partial charge in [0.1, 0.15) is 0 Å². The van der Waals surface area contributed by atoms with Gasteiger partial charge >= 0.3 is 5.97 Å². The minimum atomic E-state index is -0.806. The minimum Gasteiger partial charge on any atom is -0.452 e. The lowest BCUT2D eigenvalue weighted by Gasteiger charge is -2.28. The molecule has 1 atom stereocenters. The quantitative estimate of drug-likeness (QED) is 0.746. The van der Waals surface area contributed by atoms with Gasteiger partial charge in [-0.15, -0.1) is 0 Å². The fourth-order valence-electron chi connectivity index (χ4n) is 3.68. The Kier molecular flexibility index (Phi) is 7.23. The number of unbranched alkanes of at least 4 members (excludes halogenated alkanes) is 1. The number of nitrogens with one attached hydrogen (secondary N) is 1. The summed E-state index contributed by atoms with van der Waals surface area (Å²) in [5.74, 6) is 0.136. The Morgan fingerprint density at radius 3 is 2.46 bits per heavy atom. The lowest BCUT2D eigenvalue weighted by molar-refractivity contribution is -0.158. The summed E-state index contributed by atoms with van der Waals surface area (Å²) in [6, 6.07) is 0. The predicted octanol–water partition coefficient (Wildman–Crippen LogP) is 3.90. The molecule has 1 amide bonds. The van der Waals surface area contributed by atoms with Gasteiger partial charge in [-0.05, 0) is 52.4 Å². The van der Waals surface area contributed by atoms with Gasteiger partial charge in [0.05, 0.1) is 23.0 Å². The average molecular weight is 364 g/mol. The molecule has 0 saturated heterocycles. The normalized spacial score (nSPS) is 21.3. The summed E-state index contributed by atoms with van der Waals surface area (Å²) in [5, 5.41) is 7.12. The van der Waals surface area contributed by atoms with E-state index in [0.717, 1.165) is 43.0 Å². The maximum atomic E-state index is 12.4. The van der Waals surface area contributed by atoms with Crippen LogP contribution < -0.4 is 5.32 Å². The van der Waals surface area contributed by atoms with Crippen LogP contribution in [0.2, 0.25) is 0 Å². The first kappa shape index (κ1) is 20.5. The Morgan fingerprint density at radius 2 is 1.92 bits per heavy atom. The first-order valence-electron chi connectivity index (χ1n) is 9.85. The van der Waals surface area contributed by atoms with Gasteiger partial charge in [0.2, 0.25) is 0 Å². The van der Waals surface area contributed by atoms with Crippen LogP contribution in [0.5, 0.6) is 0 Å². The van der Waals surface area contributed by atoms with Crippen LogP contribution in [-0.4, -0.2) is 27.8 Å². The summed E-state index contributed by atoms with van der Waals surface area (Å²) in [7, 11) is 1.83. The van der Waals surface area contributed by atoms with E-state index in [4.69, 9.17) is 4.74 Å². The standard InChI is InChI=1S/C20H33N3O3/c1-6-7-8-16-9-11-17(12-10-16)20(25)26-15(4)19(24)21-18-13(2)22-23(5)14(18)3/h15-17H,6-12H2,1-5H3,(H,21,24)/t15-,16?,17?/m1/s1. The fraction of sp³-hybridized carbons (Fsp3) is 0.750. The van der Waals surface area contributed by atoms with Crippen molar-refractivity contribution < 1.29 is 14.3 Å². The minimum absolute atomic E-state index is 0.0648. The molecule has 1 saturated carbocycles. The van der Waals surface area contributed by atoms with E-state index in [2.05, 4.69) is 17.3 Å². The summed E-state index contributed by atoms with van der Waals surface area (Å²) in [5.41, 5.74) is 2.32. The van der Waals surface area contributed by atoms with E-state index < -0.39 is 6.10 Å². The highest BCUT2D eigenvalue weighted by Gasteiger charge is 2.29. The number of carbonyl (C=O) groups excluding carboxylic acids is 2. The zero-order valence-electron chi connectivity index (χ0n) is 16.8. The fourth-order valence-corrected chi connectivity index (χ4v) is 3.68. The van der Waals surface area contributed by atoms with Crippen molar-refractivity contribution >= 4 is 17.6 Å².